The van der Waals surface area contributed by atoms with Crippen LogP contribution in [0.25, 0.3) is 5.53 Å². The molecule has 0 unspecified atom stereocenters. The highest BCUT2D eigenvalue weighted by Gasteiger charge is 2.16. The van der Waals surface area contributed by atoms with E-state index in [2.05, 4.69) is 4.79 Å². The molecular formula is C6H3FN2O. The second-order valence-electron chi connectivity index (χ2n) is 1.71. The van der Waals surface area contributed by atoms with Gasteiger partial charge < -0.3 is 5.53 Å². The van der Waals surface area contributed by atoms with Crippen molar-refractivity contribution in [2.24, 2.45) is 0 Å². The molecule has 4 heteroatoms. The monoisotopic (exact) mass is 138 g/mol. The first-order chi connectivity index (χ1) is 4.74. The van der Waals surface area contributed by atoms with Crippen LogP contribution >= 0.6 is 0 Å². The quantitative estimate of drug-likeness (QED) is 0.275. The third-order valence-corrected chi connectivity index (χ3v) is 1.03. The fourth-order valence-electron chi connectivity index (χ4n) is 0.569. The average molecular weight is 138 g/mol. The van der Waals surface area contributed by atoms with Crippen LogP contribution in [-0.2, 0) is 4.79 Å². The van der Waals surface area contributed by atoms with Gasteiger partial charge in [0.05, 0.1) is 0 Å². The van der Waals surface area contributed by atoms with Crippen LogP contribution in [0.1, 0.15) is 0 Å². The van der Waals surface area contributed by atoms with Crippen molar-refractivity contribution in [3.63, 3.8) is 0 Å². The van der Waals surface area contributed by atoms with Crippen molar-refractivity contribution in [2.75, 3.05) is 0 Å². The zero-order chi connectivity index (χ0) is 7.56. The molecular weight excluding hydrogens is 135 g/mol. The van der Waals surface area contributed by atoms with E-state index in [1.807, 2.05) is 0 Å². The van der Waals surface area contributed by atoms with Crippen molar-refractivity contribution in [3.05, 3.63) is 29.6 Å². The molecule has 0 atom stereocenters. The fraction of sp³-hybridized carbons (Fsp3) is 0. The van der Waals surface area contributed by atoms with E-state index in [1.54, 1.807) is 0 Å². The summed E-state index contributed by atoms with van der Waals surface area (Å²) in [7, 11) is 0. The number of carbonyl (C=O) groups excluding carboxylic acids is 1. The van der Waals surface area contributed by atoms with E-state index in [9.17, 15) is 9.18 Å². The van der Waals surface area contributed by atoms with E-state index in [1.165, 1.54) is 0 Å². The molecule has 3 nitrogen and oxygen atoms in total. The number of halogens is 1. The number of ketones is 1. The van der Waals surface area contributed by atoms with E-state index >= 15 is 0 Å². The number of carbonyl (C=O) groups is 1. The van der Waals surface area contributed by atoms with Crippen molar-refractivity contribution in [2.45, 2.75) is 0 Å². The Morgan fingerprint density at radius 1 is 1.50 bits per heavy atom. The van der Waals surface area contributed by atoms with Crippen molar-refractivity contribution in [1.82, 2.24) is 0 Å². The summed E-state index contributed by atoms with van der Waals surface area (Å²) in [6, 6.07) is 0. The summed E-state index contributed by atoms with van der Waals surface area (Å²) in [5.74, 6) is -1.25. The highest BCUT2D eigenvalue weighted by molar-refractivity contribution is 6.16. The summed E-state index contributed by atoms with van der Waals surface area (Å²) in [5.41, 5.74) is 7.87. The molecule has 0 aromatic rings. The molecule has 50 valence electrons. The molecule has 0 spiro atoms. The van der Waals surface area contributed by atoms with Crippen molar-refractivity contribution in [3.8, 4) is 0 Å². The van der Waals surface area contributed by atoms with E-state index < -0.39 is 11.6 Å². The second-order valence-corrected chi connectivity index (χ2v) is 1.71. The van der Waals surface area contributed by atoms with Crippen LogP contribution in [0.5, 0.6) is 0 Å². The normalized spacial score (nSPS) is 16.7. The summed E-state index contributed by atoms with van der Waals surface area (Å²) in [4.78, 5) is 13.0. The summed E-state index contributed by atoms with van der Waals surface area (Å²) in [5, 5.41) is 0. The van der Waals surface area contributed by atoms with Gasteiger partial charge in [-0.2, -0.15) is 9.18 Å². The smallest absolute Gasteiger partial charge is 0.350 e. The van der Waals surface area contributed by atoms with Gasteiger partial charge in [-0.3, -0.25) is 4.79 Å². The predicted octanol–water partition coefficient (Wildman–Crippen LogP) is 0.649. The number of rotatable bonds is 0. The maximum atomic E-state index is 12.4. The number of nitrogens with zero attached hydrogens (tertiary/aromatic N) is 2. The molecule has 1 rings (SSSR count). The van der Waals surface area contributed by atoms with Gasteiger partial charge in [-0.15, -0.1) is 0 Å². The van der Waals surface area contributed by atoms with Crippen LogP contribution in [-0.4, -0.2) is 16.3 Å². The molecule has 0 heterocycles. The highest BCUT2D eigenvalue weighted by atomic mass is 19.1. The minimum absolute atomic E-state index is 0.223. The molecule has 1 aliphatic carbocycles. The van der Waals surface area contributed by atoms with Crippen LogP contribution < -0.4 is 0 Å². The lowest BCUT2D eigenvalue weighted by Gasteiger charge is -1.90. The number of hydrogen-bond acceptors (Lipinski definition) is 1. The molecule has 10 heavy (non-hydrogen) atoms. The summed E-state index contributed by atoms with van der Waals surface area (Å²) >= 11 is 0. The summed E-state index contributed by atoms with van der Waals surface area (Å²) < 4.78 is 12.4. The molecule has 0 saturated heterocycles. The Kier molecular flexibility index (Phi) is 1.56. The Hall–Kier alpha value is -1.54. The highest BCUT2D eigenvalue weighted by Crippen LogP contribution is 2.04. The molecule has 0 N–H and O–H groups in total. The van der Waals surface area contributed by atoms with Gasteiger partial charge >= 0.3 is 5.71 Å². The van der Waals surface area contributed by atoms with Crippen LogP contribution in [0, 0.1) is 0 Å². The van der Waals surface area contributed by atoms with Gasteiger partial charge in [0.15, 0.2) is 5.78 Å². The zero-order valence-electron chi connectivity index (χ0n) is 4.91. The third-order valence-electron chi connectivity index (χ3n) is 1.03. The molecule has 0 amide bonds. The molecule has 0 fully saturated rings. The van der Waals surface area contributed by atoms with E-state index in [-0.39, 0.29) is 5.71 Å². The van der Waals surface area contributed by atoms with Crippen molar-refractivity contribution >= 4 is 11.5 Å². The summed E-state index contributed by atoms with van der Waals surface area (Å²) in [6.07, 6.45) is 2.99. The lowest BCUT2D eigenvalue weighted by Crippen LogP contribution is -2.04. The molecule has 0 aliphatic heterocycles. The van der Waals surface area contributed by atoms with Crippen LogP contribution in [0.3, 0.4) is 0 Å². The zero-order valence-corrected chi connectivity index (χ0v) is 4.91. The van der Waals surface area contributed by atoms with Crippen molar-refractivity contribution in [1.29, 1.82) is 0 Å². The molecule has 0 saturated carbocycles. The number of hydrogen-bond donors (Lipinski definition) is 0. The maximum Gasteiger partial charge on any atom is 0.350 e. The Balaban J connectivity index is 3.08. The lowest BCUT2D eigenvalue weighted by atomic mass is 10.1. The standard InChI is InChI=1S/C6H3FN2O/c7-5-3-4(10)1-2-6(5)9-8/h1-3H. The fourth-order valence-corrected chi connectivity index (χ4v) is 0.569. The third kappa shape index (κ3) is 1.06. The van der Waals surface area contributed by atoms with Gasteiger partial charge in [0, 0.05) is 12.2 Å². The minimum Gasteiger partial charge on any atom is -0.361 e. The van der Waals surface area contributed by atoms with Gasteiger partial charge in [-0.1, -0.05) is 0 Å². The minimum atomic E-state index is -0.810. The predicted molar refractivity (Wildman–Crippen MR) is 32.0 cm³/mol. The Morgan fingerprint density at radius 2 is 2.20 bits per heavy atom. The average Bonchev–Trinajstić information content (AvgIpc) is 1.88. The Morgan fingerprint density at radius 3 is 2.70 bits per heavy atom. The van der Waals surface area contributed by atoms with Gasteiger partial charge in [-0.25, -0.2) is 0 Å². The first kappa shape index (κ1) is 6.58. The first-order valence-electron chi connectivity index (χ1n) is 2.55. The molecule has 0 bridgehead atoms. The van der Waals surface area contributed by atoms with Crippen molar-refractivity contribution < 1.29 is 14.0 Å². The van der Waals surface area contributed by atoms with E-state index in [0.717, 1.165) is 18.2 Å². The lowest BCUT2D eigenvalue weighted by molar-refractivity contribution is -0.110. The van der Waals surface area contributed by atoms with Gasteiger partial charge in [-0.05, 0) is 6.08 Å². The van der Waals surface area contributed by atoms with E-state index in [4.69, 9.17) is 5.53 Å². The maximum absolute atomic E-state index is 12.4. The van der Waals surface area contributed by atoms with Crippen LogP contribution in [0.4, 0.5) is 4.39 Å². The Labute approximate surface area is 56.1 Å². The number of allylic oxidation sites excluding steroid dienone is 4. The van der Waals surface area contributed by atoms with Crippen LogP contribution in [0.2, 0.25) is 0 Å². The molecule has 0 aromatic carbocycles. The SMILES string of the molecule is [N-]=[N+]=C1C=CC(=O)C=C1F. The van der Waals surface area contributed by atoms with E-state index in [0.29, 0.717) is 0 Å². The largest absolute Gasteiger partial charge is 0.361 e. The molecule has 0 aromatic heterocycles. The Bertz CT molecular complexity index is 284. The van der Waals surface area contributed by atoms with Gasteiger partial charge in [0.1, 0.15) is 0 Å². The topological polar surface area (TPSA) is 53.5 Å². The first-order valence-corrected chi connectivity index (χ1v) is 2.55. The van der Waals surface area contributed by atoms with Crippen LogP contribution in [0.15, 0.2) is 24.1 Å². The second kappa shape index (κ2) is 2.37. The summed E-state index contributed by atoms with van der Waals surface area (Å²) in [6.45, 7) is 0. The molecule has 1 aliphatic rings. The van der Waals surface area contributed by atoms with Gasteiger partial charge in [0.2, 0.25) is 5.83 Å². The van der Waals surface area contributed by atoms with Gasteiger partial charge in [0.25, 0.3) is 0 Å². The molecule has 0 radical (unpaired) electrons.